The number of carbonyl (C=O) groups is 3. The van der Waals surface area contributed by atoms with E-state index in [9.17, 15) is 14.4 Å². The van der Waals surface area contributed by atoms with Crippen molar-refractivity contribution >= 4 is 18.2 Å². The molecular weight excluding hydrogens is 228 g/mol. The molecular formula is C9H18N4O4. The van der Waals surface area contributed by atoms with Gasteiger partial charge in [0.05, 0.1) is 26.4 Å². The predicted molar refractivity (Wildman–Crippen MR) is 59.7 cm³/mol. The summed E-state index contributed by atoms with van der Waals surface area (Å²) >= 11 is 0. The minimum Gasteiger partial charge on any atom is -0.380 e. The molecule has 0 atom stereocenters. The highest BCUT2D eigenvalue weighted by Gasteiger charge is 2.04. The van der Waals surface area contributed by atoms with Crippen molar-refractivity contribution in [2.75, 3.05) is 33.0 Å². The first-order chi connectivity index (χ1) is 8.20. The molecule has 0 aromatic heterocycles. The molecule has 0 bridgehead atoms. The highest BCUT2D eigenvalue weighted by molar-refractivity contribution is 5.84. The minimum absolute atomic E-state index is 0.0395. The first kappa shape index (κ1) is 15.3. The van der Waals surface area contributed by atoms with Gasteiger partial charge in [-0.3, -0.25) is 14.4 Å². The zero-order valence-corrected chi connectivity index (χ0v) is 9.53. The summed E-state index contributed by atoms with van der Waals surface area (Å²) in [6, 6.07) is 0. The summed E-state index contributed by atoms with van der Waals surface area (Å²) in [6.45, 7) is 1.00. The Morgan fingerprint density at radius 1 is 1.18 bits per heavy atom. The van der Waals surface area contributed by atoms with E-state index < -0.39 is 0 Å². The van der Waals surface area contributed by atoms with Crippen LogP contribution in [0.3, 0.4) is 0 Å². The summed E-state index contributed by atoms with van der Waals surface area (Å²) in [5.74, 6) is -0.656. The van der Waals surface area contributed by atoms with E-state index in [-0.39, 0.29) is 38.1 Å². The van der Waals surface area contributed by atoms with Crippen LogP contribution >= 0.6 is 0 Å². The van der Waals surface area contributed by atoms with Crippen LogP contribution in [0.5, 0.6) is 0 Å². The fourth-order valence-corrected chi connectivity index (χ4v) is 0.871. The Morgan fingerprint density at radius 3 is 2.59 bits per heavy atom. The molecule has 0 saturated carbocycles. The molecule has 98 valence electrons. The Labute approximate surface area is 99.2 Å². The number of amides is 3. The predicted octanol–water partition coefficient (Wildman–Crippen LogP) is -2.71. The largest absolute Gasteiger partial charge is 0.380 e. The number of carbonyl (C=O) groups excluding carboxylic acids is 3. The van der Waals surface area contributed by atoms with Gasteiger partial charge in [-0.1, -0.05) is 0 Å². The summed E-state index contributed by atoms with van der Waals surface area (Å²) < 4.78 is 5.00. The molecule has 0 spiro atoms. The van der Waals surface area contributed by atoms with E-state index in [1.54, 1.807) is 0 Å². The van der Waals surface area contributed by atoms with Crippen molar-refractivity contribution in [2.24, 2.45) is 5.73 Å². The molecule has 0 fully saturated rings. The van der Waals surface area contributed by atoms with Crippen molar-refractivity contribution in [1.82, 2.24) is 16.0 Å². The average Bonchev–Trinajstić information content (AvgIpc) is 2.32. The molecule has 3 amide bonds. The first-order valence-electron chi connectivity index (χ1n) is 5.19. The fraction of sp³-hybridized carbons (Fsp3) is 0.667. The zero-order valence-electron chi connectivity index (χ0n) is 9.53. The molecule has 0 aliphatic heterocycles. The van der Waals surface area contributed by atoms with Gasteiger partial charge in [-0.05, 0) is 0 Å². The van der Waals surface area contributed by atoms with Crippen LogP contribution < -0.4 is 21.7 Å². The molecule has 5 N–H and O–H groups in total. The molecule has 0 radical (unpaired) electrons. The van der Waals surface area contributed by atoms with Crippen LogP contribution in [-0.4, -0.2) is 51.2 Å². The molecule has 8 nitrogen and oxygen atoms in total. The van der Waals surface area contributed by atoms with Crippen LogP contribution in [0.2, 0.25) is 0 Å². The number of nitrogens with one attached hydrogen (secondary N) is 3. The van der Waals surface area contributed by atoms with Gasteiger partial charge in [0.1, 0.15) is 0 Å². The van der Waals surface area contributed by atoms with Gasteiger partial charge in [-0.2, -0.15) is 0 Å². The summed E-state index contributed by atoms with van der Waals surface area (Å²) in [4.78, 5) is 32.1. The Bertz CT molecular complexity index is 247. The van der Waals surface area contributed by atoms with Gasteiger partial charge in [0.25, 0.3) is 0 Å². The van der Waals surface area contributed by atoms with Crippen molar-refractivity contribution in [1.29, 1.82) is 0 Å². The number of hydrogen-bond acceptors (Lipinski definition) is 5. The maximum absolute atomic E-state index is 11.2. The lowest BCUT2D eigenvalue weighted by molar-refractivity contribution is -0.126. The van der Waals surface area contributed by atoms with Crippen molar-refractivity contribution in [3.63, 3.8) is 0 Å². The number of hydrogen-bond donors (Lipinski definition) is 4. The van der Waals surface area contributed by atoms with E-state index in [2.05, 4.69) is 16.0 Å². The van der Waals surface area contributed by atoms with Gasteiger partial charge in [0, 0.05) is 13.0 Å². The Balaban J connectivity index is 3.42. The Hall–Kier alpha value is -1.67. The summed E-state index contributed by atoms with van der Waals surface area (Å²) in [5.41, 5.74) is 5.19. The molecule has 8 heteroatoms. The zero-order chi connectivity index (χ0) is 12.9. The monoisotopic (exact) mass is 246 g/mol. The van der Waals surface area contributed by atoms with Gasteiger partial charge >= 0.3 is 0 Å². The van der Waals surface area contributed by atoms with Crippen molar-refractivity contribution in [3.05, 3.63) is 0 Å². The van der Waals surface area contributed by atoms with Crippen LogP contribution in [0.1, 0.15) is 6.42 Å². The third kappa shape index (κ3) is 10.6. The molecule has 0 aromatic rings. The second-order valence-corrected chi connectivity index (χ2v) is 3.03. The van der Waals surface area contributed by atoms with Crippen LogP contribution in [0.4, 0.5) is 0 Å². The molecule has 0 saturated heterocycles. The highest BCUT2D eigenvalue weighted by Crippen LogP contribution is 1.82. The third-order valence-corrected chi connectivity index (χ3v) is 1.65. The summed E-state index contributed by atoms with van der Waals surface area (Å²) in [7, 11) is 0. The molecule has 0 unspecified atom stereocenters. The Morgan fingerprint density at radius 2 is 1.94 bits per heavy atom. The van der Waals surface area contributed by atoms with E-state index in [1.807, 2.05) is 0 Å². The molecule has 17 heavy (non-hydrogen) atoms. The lowest BCUT2D eigenvalue weighted by Crippen LogP contribution is -2.40. The number of nitrogens with two attached hydrogens (primary N) is 1. The quantitative estimate of drug-likeness (QED) is 0.190. The second kappa shape index (κ2) is 10.8. The Kier molecular flexibility index (Phi) is 9.77. The molecule has 0 aromatic carbocycles. The van der Waals surface area contributed by atoms with E-state index in [0.29, 0.717) is 19.6 Å². The van der Waals surface area contributed by atoms with Crippen molar-refractivity contribution in [3.8, 4) is 0 Å². The van der Waals surface area contributed by atoms with E-state index >= 15 is 0 Å². The van der Waals surface area contributed by atoms with Gasteiger partial charge in [-0.25, -0.2) is 0 Å². The van der Waals surface area contributed by atoms with E-state index in [4.69, 9.17) is 10.5 Å². The van der Waals surface area contributed by atoms with Crippen LogP contribution in [0, 0.1) is 0 Å². The van der Waals surface area contributed by atoms with Crippen LogP contribution in [-0.2, 0) is 19.1 Å². The topological polar surface area (TPSA) is 123 Å². The maximum atomic E-state index is 11.2. The summed E-state index contributed by atoms with van der Waals surface area (Å²) in [6.07, 6.45) is 0.646. The van der Waals surface area contributed by atoms with E-state index in [0.717, 1.165) is 0 Å². The second-order valence-electron chi connectivity index (χ2n) is 3.03. The van der Waals surface area contributed by atoms with E-state index in [1.165, 1.54) is 0 Å². The fourth-order valence-electron chi connectivity index (χ4n) is 0.871. The normalized spacial score (nSPS) is 9.47. The molecule has 0 aliphatic rings. The lowest BCUT2D eigenvalue weighted by Gasteiger charge is -2.06. The molecule has 0 heterocycles. The first-order valence-corrected chi connectivity index (χ1v) is 5.19. The SMILES string of the molecule is NCCOCCC(=O)NCC(=O)NCNC=O. The summed E-state index contributed by atoms with van der Waals surface area (Å²) in [5, 5.41) is 7.04. The average molecular weight is 246 g/mol. The van der Waals surface area contributed by atoms with Gasteiger partial charge < -0.3 is 26.4 Å². The third-order valence-electron chi connectivity index (χ3n) is 1.65. The molecule has 0 rings (SSSR count). The lowest BCUT2D eigenvalue weighted by atomic mass is 10.4. The van der Waals surface area contributed by atoms with Gasteiger partial charge in [0.2, 0.25) is 18.2 Å². The minimum atomic E-state index is -0.379. The standard InChI is InChI=1S/C9H18N4O4/c10-2-4-17-3-1-8(15)12-5-9(16)13-6-11-7-14/h7H,1-6,10H2,(H,11,14)(H,12,15)(H,13,16). The highest BCUT2D eigenvalue weighted by atomic mass is 16.5. The van der Waals surface area contributed by atoms with Crippen molar-refractivity contribution in [2.45, 2.75) is 6.42 Å². The number of rotatable bonds is 10. The maximum Gasteiger partial charge on any atom is 0.240 e. The van der Waals surface area contributed by atoms with Gasteiger partial charge in [0.15, 0.2) is 0 Å². The van der Waals surface area contributed by atoms with Crippen molar-refractivity contribution < 1.29 is 19.1 Å². The van der Waals surface area contributed by atoms with Crippen LogP contribution in [0.25, 0.3) is 0 Å². The van der Waals surface area contributed by atoms with Crippen LogP contribution in [0.15, 0.2) is 0 Å². The molecule has 0 aliphatic carbocycles. The smallest absolute Gasteiger partial charge is 0.240 e. The van der Waals surface area contributed by atoms with Gasteiger partial charge in [-0.15, -0.1) is 0 Å². The number of ether oxygens (including phenoxy) is 1.